The van der Waals surface area contributed by atoms with Gasteiger partial charge >= 0.3 is 94.3 Å². The van der Waals surface area contributed by atoms with Crippen molar-refractivity contribution in [2.24, 2.45) is 28.6 Å². The molecule has 0 aromatic heterocycles. The maximum absolute atomic E-state index is 12.8. The van der Waals surface area contributed by atoms with Crippen molar-refractivity contribution in [3.05, 3.63) is 0 Å². The van der Waals surface area contributed by atoms with Crippen LogP contribution in [0.1, 0.15) is 164 Å². The first-order valence-electron chi connectivity index (χ1n) is 27.9. The van der Waals surface area contributed by atoms with Crippen molar-refractivity contribution in [2.75, 3.05) is 6.61 Å². The quantitative estimate of drug-likeness (QED) is 0.0411. The molecule has 28 heteroatoms. The summed E-state index contributed by atoms with van der Waals surface area (Å²) in [5, 5.41) is 0. The Kier molecular flexibility index (Phi) is 24.0. The topological polar surface area (TPSA) is 207 Å². The molecule has 7 aliphatic heterocycles. The first kappa shape index (κ1) is 68.8. The van der Waals surface area contributed by atoms with E-state index in [4.69, 9.17) is 58.9 Å². The van der Waals surface area contributed by atoms with E-state index in [-0.39, 0.29) is 47.4 Å². The Hall–Kier alpha value is -0.448. The predicted octanol–water partition coefficient (Wildman–Crippen LogP) is 11.8. The van der Waals surface area contributed by atoms with Crippen molar-refractivity contribution in [2.45, 2.75) is 244 Å². The predicted molar refractivity (Wildman–Crippen MR) is 304 cm³/mol. The third kappa shape index (κ3) is 17.5. The van der Waals surface area contributed by atoms with E-state index in [0.717, 1.165) is 12.3 Å². The molecule has 0 aromatic rings. The highest BCUT2D eigenvalue weighted by molar-refractivity contribution is 7.03. The highest BCUT2D eigenvalue weighted by Crippen LogP contribution is 2.53. The molecule has 0 aromatic carbocycles. The summed E-state index contributed by atoms with van der Waals surface area (Å²) >= 11 is 0. The molecular formula is C47H100O19Si9. The van der Waals surface area contributed by atoms with Gasteiger partial charge in [0, 0.05) is 56.4 Å². The van der Waals surface area contributed by atoms with E-state index in [0.29, 0.717) is 55.2 Å². The molecule has 7 aliphatic rings. The fraction of sp³-hybridized carbons (Fsp3) is 0.915. The monoisotopic (exact) mass is 1220 g/mol. The van der Waals surface area contributed by atoms with Gasteiger partial charge in [0.25, 0.3) is 0 Å². The number of rotatable bonds is 18. The highest BCUT2D eigenvalue weighted by atomic mass is 28.6. The minimum absolute atomic E-state index is 0.113. The minimum atomic E-state index is -3.87. The Balaban J connectivity index is 0.000000398. The summed E-state index contributed by atoms with van der Waals surface area (Å²) in [6, 6.07) is 4.58. The Labute approximate surface area is 461 Å². The van der Waals surface area contributed by atoms with Crippen molar-refractivity contribution in [1.82, 2.24) is 0 Å². The molecule has 0 spiro atoms. The van der Waals surface area contributed by atoms with Crippen molar-refractivity contribution >= 4 is 102 Å². The fourth-order valence-electron chi connectivity index (χ4n) is 8.25. The van der Waals surface area contributed by atoms with Crippen LogP contribution in [0.4, 0.5) is 0 Å². The molecule has 0 amide bonds. The lowest BCUT2D eigenvalue weighted by molar-refractivity contribution is -0.166. The van der Waals surface area contributed by atoms with Crippen LogP contribution in [0.25, 0.3) is 0 Å². The maximum atomic E-state index is 12.8. The second kappa shape index (κ2) is 26.2. The van der Waals surface area contributed by atoms with Gasteiger partial charge in [-0.1, -0.05) is 122 Å². The zero-order chi connectivity index (χ0) is 57.5. The Morgan fingerprint density at radius 2 is 0.787 bits per heavy atom. The van der Waals surface area contributed by atoms with Crippen LogP contribution in [0, 0.1) is 28.6 Å². The molecule has 3 atom stereocenters. The van der Waals surface area contributed by atoms with Crippen LogP contribution < -0.4 is 0 Å². The Bertz CT molecular complexity index is 1790. The number of ether oxygens (including phenoxy) is 3. The maximum Gasteiger partial charge on any atom is 0.479 e. The number of carbonyl (C=O) groups excluding carboxylic acids is 4. The van der Waals surface area contributed by atoms with Gasteiger partial charge in [-0.25, -0.2) is 0 Å². The van der Waals surface area contributed by atoms with Crippen LogP contribution in [0.5, 0.6) is 0 Å². The third-order valence-electron chi connectivity index (χ3n) is 14.2. The SMILES string of the molecule is CC1C(=O)OC(=O)C1C.CCC(C)(C)C(=O)OC(C)(C)C.CCC(C)(C)C(=O)OCCC[Si]12O[Si]3(CC)O[Si]4(CC)O[Si]5(CC)O[Si](CC)(O3)O[Si](CC)(O[Si](CC)(O5)O[Si](CC)(O4)O1)O2.CCC(C)C[Si](C)(C)C. The molecule has 19 nitrogen and oxygen atoms in total. The number of hydrogen-bond acceptors (Lipinski definition) is 19. The Morgan fingerprint density at radius 1 is 0.507 bits per heavy atom. The van der Waals surface area contributed by atoms with Crippen LogP contribution in [-0.4, -0.2) is 115 Å². The number of esters is 4. The number of cyclic esters (lactones) is 2. The molecule has 0 radical (unpaired) electrons. The summed E-state index contributed by atoms with van der Waals surface area (Å²) in [5.74, 6) is -0.708. The van der Waals surface area contributed by atoms with Gasteiger partial charge in [0.2, 0.25) is 0 Å². The highest BCUT2D eigenvalue weighted by Gasteiger charge is 2.82. The molecule has 7 fully saturated rings. The van der Waals surface area contributed by atoms with Gasteiger partial charge < -0.3 is 63.6 Å². The third-order valence-corrected chi connectivity index (χ3v) is 53.1. The molecule has 75 heavy (non-hydrogen) atoms. The summed E-state index contributed by atoms with van der Waals surface area (Å²) in [6.07, 6.45) is 3.24. The van der Waals surface area contributed by atoms with Crippen LogP contribution in [0.2, 0.25) is 74.0 Å². The zero-order valence-electron chi connectivity index (χ0n) is 50.4. The molecule has 7 saturated heterocycles. The molecule has 438 valence electrons. The number of hydrogen-bond donors (Lipinski definition) is 0. The lowest BCUT2D eigenvalue weighted by atomic mass is 9.90. The molecule has 0 saturated carbocycles. The van der Waals surface area contributed by atoms with Gasteiger partial charge in [-0.15, -0.1) is 0 Å². The average molecular weight is 1220 g/mol. The summed E-state index contributed by atoms with van der Waals surface area (Å²) in [7, 11) is -30.4. The van der Waals surface area contributed by atoms with Gasteiger partial charge in [-0.2, -0.15) is 0 Å². The number of carbonyl (C=O) groups is 4. The van der Waals surface area contributed by atoms with Crippen molar-refractivity contribution < 1.29 is 82.8 Å². The van der Waals surface area contributed by atoms with Crippen molar-refractivity contribution in [3.8, 4) is 0 Å². The van der Waals surface area contributed by atoms with Gasteiger partial charge in [0.05, 0.1) is 29.3 Å². The van der Waals surface area contributed by atoms with Gasteiger partial charge in [-0.05, 0) is 73.6 Å². The van der Waals surface area contributed by atoms with Crippen LogP contribution >= 0.6 is 0 Å². The van der Waals surface area contributed by atoms with Crippen molar-refractivity contribution in [3.63, 3.8) is 0 Å². The lowest BCUT2D eigenvalue weighted by Crippen LogP contribution is -2.88. The lowest BCUT2D eigenvalue weighted by Gasteiger charge is -2.63. The molecule has 7 heterocycles. The molecular weight excluding hydrogens is 1120 g/mol. The van der Waals surface area contributed by atoms with Gasteiger partial charge in [0.1, 0.15) is 5.60 Å². The Morgan fingerprint density at radius 3 is 0.987 bits per heavy atom. The minimum Gasteiger partial charge on any atom is -0.465 e. The van der Waals surface area contributed by atoms with E-state index < -0.39 is 95.9 Å². The first-order chi connectivity index (χ1) is 34.4. The molecule has 0 N–H and O–H groups in total. The van der Waals surface area contributed by atoms with E-state index in [1.165, 1.54) is 12.5 Å². The van der Waals surface area contributed by atoms with E-state index >= 15 is 0 Å². The summed E-state index contributed by atoms with van der Waals surface area (Å²) in [4.78, 5) is 45.4. The van der Waals surface area contributed by atoms with Gasteiger partial charge in [-0.3, -0.25) is 19.2 Å². The van der Waals surface area contributed by atoms with Gasteiger partial charge in [0.15, 0.2) is 0 Å². The average Bonchev–Trinajstić information content (AvgIpc) is 3.53. The summed E-state index contributed by atoms with van der Waals surface area (Å²) in [6.45, 7) is 46.5. The molecule has 8 bridgehead atoms. The van der Waals surface area contributed by atoms with Crippen LogP contribution in [0.3, 0.4) is 0 Å². The first-order valence-corrected chi connectivity index (χ1v) is 47.1. The van der Waals surface area contributed by atoms with E-state index in [2.05, 4.69) is 38.2 Å². The van der Waals surface area contributed by atoms with Crippen LogP contribution in [-0.2, 0) is 82.8 Å². The smallest absolute Gasteiger partial charge is 0.465 e. The normalized spacial score (nSPS) is 35.6. The summed E-state index contributed by atoms with van der Waals surface area (Å²) in [5.41, 5.74) is -1.31. The molecule has 3 unspecified atom stereocenters. The van der Waals surface area contributed by atoms with Crippen LogP contribution in [0.15, 0.2) is 0 Å². The zero-order valence-corrected chi connectivity index (χ0v) is 59.4. The van der Waals surface area contributed by atoms with Crippen molar-refractivity contribution in [1.29, 1.82) is 0 Å². The standard InChI is InChI=1S/C23H52O14Si8.C10H20O2.C8H20Si.C6H8O3/c1-11-23(9,10)22(24)25-20-19-21-45-35-42(16-6)29-39(13-3)26-38(12-2)27-40(14-4,31-42)33-44(18-8,37-45)34-41(15-5,28-38)32-43(17-7,30-39)36-45;1-7-10(5,6)8(11)12-9(2,3)4;1-6-8(2)7-9(3,4)5;1-3-4(2)6(8)9-5(3)7/h11-21H2,1-10H3;7H2,1-6H3;8H,6-7H2,1-5H3;3-4H,1-2H3. The largest absolute Gasteiger partial charge is 0.479 e. The van der Waals surface area contributed by atoms with E-state index in [1.54, 1.807) is 13.8 Å². The van der Waals surface area contributed by atoms with E-state index in [1.807, 2.05) is 111 Å². The van der Waals surface area contributed by atoms with E-state index in [9.17, 15) is 19.2 Å². The second-order valence-electron chi connectivity index (χ2n) is 24.0. The molecule has 0 aliphatic carbocycles. The summed E-state index contributed by atoms with van der Waals surface area (Å²) < 4.78 is 101. The fourth-order valence-corrected chi connectivity index (χ4v) is 60.3. The molecule has 7 rings (SSSR count). The second-order valence-corrected chi connectivity index (χ2v) is 55.7.